The Hall–Kier alpha value is -4.47. The quantitative estimate of drug-likeness (QED) is 0.388. The van der Waals surface area contributed by atoms with E-state index in [0.29, 0.717) is 27.7 Å². The monoisotopic (exact) mass is 482 g/mol. The number of anilines is 1. The van der Waals surface area contributed by atoms with Crippen molar-refractivity contribution in [3.63, 3.8) is 0 Å². The molecule has 0 aliphatic rings. The number of hydrogen-bond acceptors (Lipinski definition) is 5. The van der Waals surface area contributed by atoms with Crippen molar-refractivity contribution in [3.8, 4) is 5.75 Å². The van der Waals surface area contributed by atoms with Crippen molar-refractivity contribution < 1.29 is 14.3 Å². The first-order valence-electron chi connectivity index (χ1n) is 9.15. The molecule has 3 aromatic carbocycles. The van der Waals surface area contributed by atoms with Gasteiger partial charge in [-0.2, -0.15) is 0 Å². The number of diazo groups is 2. The number of nitrogens with two attached hydrogens (primary N) is 1. The number of carbonyl (C=O) groups is 2. The van der Waals surface area contributed by atoms with Gasteiger partial charge in [0.2, 0.25) is 10.8 Å². The number of rotatable bonds is 4. The number of nitrogens with zero attached hydrogens (tertiary/aromatic N) is 4. The number of aryl methyl sites for hydroxylation is 1. The molecule has 0 saturated carbocycles. The van der Waals surface area contributed by atoms with E-state index in [0.717, 1.165) is 5.56 Å². The Morgan fingerprint density at radius 3 is 2.12 bits per heavy atom. The molecule has 0 fully saturated rings. The molecule has 176 valence electrons. The first kappa shape index (κ1) is 29.5. The van der Waals surface area contributed by atoms with Crippen LogP contribution in [0.2, 0.25) is 5.02 Å². The highest BCUT2D eigenvalue weighted by atomic mass is 35.5. The first-order chi connectivity index (χ1) is 15.3. The summed E-state index contributed by atoms with van der Waals surface area (Å²) in [7, 11) is 1.47. The topological polar surface area (TPSA) is 138 Å². The molecule has 34 heavy (non-hydrogen) atoms. The van der Waals surface area contributed by atoms with Gasteiger partial charge in [-0.15, -0.1) is 0 Å². The summed E-state index contributed by atoms with van der Waals surface area (Å²) < 4.78 is 4.87. The van der Waals surface area contributed by atoms with Crippen LogP contribution < -0.4 is 15.8 Å². The van der Waals surface area contributed by atoms with Crippen LogP contribution in [0.1, 0.15) is 41.1 Å². The van der Waals surface area contributed by atoms with Crippen LogP contribution in [0.15, 0.2) is 60.7 Å². The molecule has 10 heteroatoms. The molecule has 0 aromatic heterocycles. The van der Waals surface area contributed by atoms with E-state index < -0.39 is 5.91 Å². The summed E-state index contributed by atoms with van der Waals surface area (Å²) in [6, 6.07) is 16.4. The fraction of sp³-hybridized carbons (Fsp3) is 0.167. The lowest BCUT2D eigenvalue weighted by Gasteiger charge is -2.07. The molecule has 0 aliphatic heterocycles. The molecule has 0 aliphatic carbocycles. The maximum atomic E-state index is 12.0. The number of halogens is 1. The third-order valence-corrected chi connectivity index (χ3v) is 4.57. The Balaban J connectivity index is 0.000000644. The SMILES string of the molecule is C.C.COc1ccc(C(N)=O)c([N+]#N)c1.Cc1cc(NC(=O)c2ccccc2)c(Cl)cc1[N+]#N. The minimum atomic E-state index is -0.643. The number of primary amides is 1. The zero-order valence-electron chi connectivity index (χ0n) is 17.2. The molecule has 2 amide bonds. The van der Waals surface area contributed by atoms with E-state index in [1.54, 1.807) is 43.3 Å². The molecule has 0 spiro atoms. The lowest BCUT2D eigenvalue weighted by atomic mass is 10.1. The van der Waals surface area contributed by atoms with Crippen LogP contribution in [-0.4, -0.2) is 18.9 Å². The van der Waals surface area contributed by atoms with E-state index >= 15 is 0 Å². The van der Waals surface area contributed by atoms with Crippen molar-refractivity contribution in [1.29, 1.82) is 10.8 Å². The second kappa shape index (κ2) is 13.8. The molecule has 3 rings (SSSR count). The summed E-state index contributed by atoms with van der Waals surface area (Å²) in [5.41, 5.74) is 7.42. The van der Waals surface area contributed by atoms with Gasteiger partial charge in [0.15, 0.2) is 9.95 Å². The van der Waals surface area contributed by atoms with E-state index in [4.69, 9.17) is 32.9 Å². The van der Waals surface area contributed by atoms with Crippen molar-refractivity contribution >= 4 is 40.5 Å². The highest BCUT2D eigenvalue weighted by Gasteiger charge is 2.19. The van der Waals surface area contributed by atoms with Gasteiger partial charge in [0.1, 0.15) is 11.3 Å². The van der Waals surface area contributed by atoms with Crippen molar-refractivity contribution in [1.82, 2.24) is 0 Å². The Kier molecular flexibility index (Phi) is 12.0. The van der Waals surface area contributed by atoms with Crippen molar-refractivity contribution in [2.75, 3.05) is 12.4 Å². The maximum Gasteiger partial charge on any atom is 0.401 e. The van der Waals surface area contributed by atoms with Crippen LogP contribution in [-0.2, 0) is 0 Å². The van der Waals surface area contributed by atoms with Crippen molar-refractivity contribution in [2.24, 2.45) is 5.73 Å². The summed E-state index contributed by atoms with van der Waals surface area (Å²) in [5, 5.41) is 20.4. The lowest BCUT2D eigenvalue weighted by Crippen LogP contribution is -2.12. The van der Waals surface area contributed by atoms with Crippen LogP contribution >= 0.6 is 11.6 Å². The van der Waals surface area contributed by atoms with Gasteiger partial charge in [-0.25, -0.2) is 0 Å². The first-order valence-corrected chi connectivity index (χ1v) is 9.53. The molecule has 0 radical (unpaired) electrons. The summed E-state index contributed by atoms with van der Waals surface area (Å²) in [6.45, 7) is 1.77. The lowest BCUT2D eigenvalue weighted by molar-refractivity contribution is 0.0998. The highest BCUT2D eigenvalue weighted by molar-refractivity contribution is 6.34. The summed E-state index contributed by atoms with van der Waals surface area (Å²) in [5.74, 6) is -0.385. The Morgan fingerprint density at radius 2 is 1.59 bits per heavy atom. The zero-order chi connectivity index (χ0) is 23.7. The molecule has 9 nitrogen and oxygen atoms in total. The largest absolute Gasteiger partial charge is 0.496 e. The third kappa shape index (κ3) is 7.59. The molecule has 0 heterocycles. The minimum Gasteiger partial charge on any atom is -0.496 e. The van der Waals surface area contributed by atoms with Crippen LogP contribution in [0.3, 0.4) is 0 Å². The normalized spacial score (nSPS) is 8.85. The van der Waals surface area contributed by atoms with Gasteiger partial charge in [-0.3, -0.25) is 9.59 Å². The fourth-order valence-corrected chi connectivity index (χ4v) is 2.79. The van der Waals surface area contributed by atoms with Gasteiger partial charge >= 0.3 is 11.4 Å². The molecule has 0 unspecified atom stereocenters. The van der Waals surface area contributed by atoms with Crippen molar-refractivity contribution in [2.45, 2.75) is 21.8 Å². The van der Waals surface area contributed by atoms with Crippen molar-refractivity contribution in [3.05, 3.63) is 92.3 Å². The van der Waals surface area contributed by atoms with E-state index in [9.17, 15) is 9.59 Å². The maximum absolute atomic E-state index is 12.0. The van der Waals surface area contributed by atoms with Crippen LogP contribution in [0.25, 0.3) is 9.95 Å². The molecule has 0 bridgehead atoms. The summed E-state index contributed by atoms with van der Waals surface area (Å²) >= 11 is 6.03. The number of benzene rings is 3. The number of ether oxygens (including phenoxy) is 1. The predicted molar refractivity (Wildman–Crippen MR) is 135 cm³/mol. The molecular formula is C24H27ClN6O3+2. The van der Waals surface area contributed by atoms with E-state index in [1.165, 1.54) is 25.3 Å². The number of methoxy groups -OCH3 is 1. The Labute approximate surface area is 203 Å². The number of amides is 2. The Morgan fingerprint density at radius 1 is 0.971 bits per heavy atom. The minimum absolute atomic E-state index is 0. The molecular weight excluding hydrogens is 456 g/mol. The molecule has 3 N–H and O–H groups in total. The van der Waals surface area contributed by atoms with Crippen LogP contribution in [0.4, 0.5) is 17.1 Å². The van der Waals surface area contributed by atoms with Gasteiger partial charge in [-0.1, -0.05) is 44.7 Å². The van der Waals surface area contributed by atoms with E-state index in [1.807, 2.05) is 6.07 Å². The highest BCUT2D eigenvalue weighted by Crippen LogP contribution is 2.31. The number of hydrogen-bond donors (Lipinski definition) is 2. The predicted octanol–water partition coefficient (Wildman–Crippen LogP) is 6.94. The van der Waals surface area contributed by atoms with Crippen LogP contribution in [0.5, 0.6) is 5.75 Å². The fourth-order valence-electron chi connectivity index (χ4n) is 2.59. The number of nitrogens with one attached hydrogen (secondary N) is 1. The third-order valence-electron chi connectivity index (χ3n) is 4.26. The number of carbonyl (C=O) groups excluding carboxylic acids is 2. The van der Waals surface area contributed by atoms with Gasteiger partial charge in [0.05, 0.1) is 30.0 Å². The van der Waals surface area contributed by atoms with Gasteiger partial charge < -0.3 is 15.8 Å². The van der Waals surface area contributed by atoms with Gasteiger partial charge in [-0.05, 0) is 37.3 Å². The van der Waals surface area contributed by atoms with Crippen LogP contribution in [0, 0.1) is 17.7 Å². The summed E-state index contributed by atoms with van der Waals surface area (Å²) in [4.78, 5) is 28.8. The zero-order valence-corrected chi connectivity index (χ0v) is 18.0. The molecule has 0 saturated heterocycles. The smallest absolute Gasteiger partial charge is 0.401 e. The standard InChI is InChI=1S/C14H10ClN3O.C8H7N3O2.2CH4/c1-9-7-13(11(15)8-12(9)18-16)17-14(19)10-5-3-2-4-6-10;1-13-5-2-3-6(8(9)12)7(4-5)11-10;;/h2-8H,1H3;2-4H,1H3,(H-,9,12);2*1H4/p+2. The summed E-state index contributed by atoms with van der Waals surface area (Å²) in [6.07, 6.45) is 0. The second-order valence-corrected chi connectivity index (χ2v) is 6.79. The van der Waals surface area contributed by atoms with Gasteiger partial charge in [0.25, 0.3) is 11.8 Å². The molecule has 0 atom stereocenters. The average Bonchev–Trinajstić information content (AvgIpc) is 2.81. The Bertz CT molecular complexity index is 1230. The average molecular weight is 483 g/mol. The molecule has 3 aromatic rings. The second-order valence-electron chi connectivity index (χ2n) is 6.39. The van der Waals surface area contributed by atoms with Gasteiger partial charge in [0, 0.05) is 11.1 Å². The van der Waals surface area contributed by atoms with E-state index in [2.05, 4.69) is 15.3 Å². The van der Waals surface area contributed by atoms with E-state index in [-0.39, 0.29) is 32.0 Å².